The van der Waals surface area contributed by atoms with Gasteiger partial charge in [-0.3, -0.25) is 4.79 Å². The maximum Gasteiger partial charge on any atom is 0.242 e. The fraction of sp³-hybridized carbons (Fsp3) is 0.381. The van der Waals surface area contributed by atoms with Gasteiger partial charge in [-0.05, 0) is 45.4 Å². The van der Waals surface area contributed by atoms with E-state index < -0.39 is 15.6 Å². The molecule has 0 aliphatic rings. The first-order valence-electron chi connectivity index (χ1n) is 9.07. The number of hydrogen-bond donors (Lipinski definition) is 1. The molecule has 0 fully saturated rings. The number of benzene rings is 2. The standard InChI is InChI=1S/C21H27NO6S/c1-15(26-5)27-14-28-18-11-9-16(10-12-18)19-8-6-7-17(13-23)20(19)29(24,25)22-21(2,3)4/h6-13,15,22H,14H2,1-5H3. The van der Waals surface area contributed by atoms with Crippen molar-refractivity contribution in [3.05, 3.63) is 48.0 Å². The molecule has 1 N–H and O–H groups in total. The van der Waals surface area contributed by atoms with Crippen molar-refractivity contribution in [3.63, 3.8) is 0 Å². The SMILES string of the molecule is COC(C)OCOc1ccc(-c2cccc(C=O)c2S(=O)(=O)NC(C)(C)C)cc1. The summed E-state index contributed by atoms with van der Waals surface area (Å²) in [7, 11) is -2.39. The molecule has 0 spiro atoms. The molecule has 1 unspecified atom stereocenters. The molecule has 2 aromatic carbocycles. The molecule has 0 aromatic heterocycles. The summed E-state index contributed by atoms with van der Waals surface area (Å²) in [6.07, 6.45) is 0.162. The van der Waals surface area contributed by atoms with Gasteiger partial charge in [0, 0.05) is 23.8 Å². The van der Waals surface area contributed by atoms with E-state index in [2.05, 4.69) is 4.72 Å². The largest absolute Gasteiger partial charge is 0.467 e. The zero-order valence-corrected chi connectivity index (χ0v) is 18.1. The average molecular weight is 422 g/mol. The Bertz CT molecular complexity index is 933. The third-order valence-corrected chi connectivity index (χ3v) is 5.78. The van der Waals surface area contributed by atoms with Gasteiger partial charge < -0.3 is 14.2 Å². The van der Waals surface area contributed by atoms with Crippen LogP contribution in [0.3, 0.4) is 0 Å². The second-order valence-electron chi connectivity index (χ2n) is 7.45. The predicted octanol–water partition coefficient (Wildman–Crippen LogP) is 3.59. The fourth-order valence-electron chi connectivity index (χ4n) is 2.63. The molecular weight excluding hydrogens is 394 g/mol. The molecule has 0 bridgehead atoms. The Morgan fingerprint density at radius 3 is 2.31 bits per heavy atom. The number of sulfonamides is 1. The highest BCUT2D eigenvalue weighted by molar-refractivity contribution is 7.89. The van der Waals surface area contributed by atoms with Crippen LogP contribution in [0.5, 0.6) is 5.75 Å². The van der Waals surface area contributed by atoms with Gasteiger partial charge in [0.25, 0.3) is 0 Å². The first-order valence-corrected chi connectivity index (χ1v) is 10.6. The van der Waals surface area contributed by atoms with Crippen molar-refractivity contribution in [2.45, 2.75) is 44.4 Å². The highest BCUT2D eigenvalue weighted by Gasteiger charge is 2.27. The lowest BCUT2D eigenvalue weighted by Crippen LogP contribution is -2.41. The van der Waals surface area contributed by atoms with E-state index in [0.717, 1.165) is 0 Å². The van der Waals surface area contributed by atoms with E-state index in [0.29, 0.717) is 23.2 Å². The van der Waals surface area contributed by atoms with Crippen molar-refractivity contribution in [2.75, 3.05) is 13.9 Å². The summed E-state index contributed by atoms with van der Waals surface area (Å²) in [5.41, 5.74) is 0.480. The molecule has 0 amide bonds. The van der Waals surface area contributed by atoms with E-state index in [9.17, 15) is 13.2 Å². The average Bonchev–Trinajstić information content (AvgIpc) is 2.65. The summed E-state index contributed by atoms with van der Waals surface area (Å²) in [6.45, 7) is 7.00. The van der Waals surface area contributed by atoms with Crippen LogP contribution in [-0.4, -0.2) is 40.4 Å². The number of carbonyl (C=O) groups is 1. The molecule has 0 heterocycles. The lowest BCUT2D eigenvalue weighted by Gasteiger charge is -2.22. The molecule has 1 atom stereocenters. The number of hydrogen-bond acceptors (Lipinski definition) is 6. The first kappa shape index (κ1) is 23.0. The molecule has 2 aromatic rings. The molecule has 0 radical (unpaired) electrons. The minimum atomic E-state index is -3.92. The second-order valence-corrected chi connectivity index (χ2v) is 9.07. The van der Waals surface area contributed by atoms with E-state index in [-0.39, 0.29) is 23.5 Å². The zero-order valence-electron chi connectivity index (χ0n) is 17.3. The minimum Gasteiger partial charge on any atom is -0.467 e. The van der Waals surface area contributed by atoms with Crippen LogP contribution in [0, 0.1) is 0 Å². The predicted molar refractivity (Wildman–Crippen MR) is 110 cm³/mol. The van der Waals surface area contributed by atoms with Crippen molar-refractivity contribution < 1.29 is 27.4 Å². The molecule has 0 saturated heterocycles. The van der Waals surface area contributed by atoms with Gasteiger partial charge in [0.05, 0.1) is 0 Å². The van der Waals surface area contributed by atoms with E-state index in [1.165, 1.54) is 13.2 Å². The maximum absolute atomic E-state index is 13.0. The molecular formula is C21H27NO6S. The monoisotopic (exact) mass is 421 g/mol. The minimum absolute atomic E-state index is 0.0180. The van der Waals surface area contributed by atoms with Gasteiger partial charge in [-0.25, -0.2) is 13.1 Å². The molecule has 0 aliphatic heterocycles. The van der Waals surface area contributed by atoms with Crippen molar-refractivity contribution in [1.29, 1.82) is 0 Å². The van der Waals surface area contributed by atoms with Crippen LogP contribution < -0.4 is 9.46 Å². The molecule has 7 nitrogen and oxygen atoms in total. The molecule has 29 heavy (non-hydrogen) atoms. The molecule has 0 saturated carbocycles. The Balaban J connectivity index is 2.37. The lowest BCUT2D eigenvalue weighted by atomic mass is 10.0. The van der Waals surface area contributed by atoms with E-state index >= 15 is 0 Å². The van der Waals surface area contributed by atoms with Crippen molar-refractivity contribution in [1.82, 2.24) is 4.72 Å². The van der Waals surface area contributed by atoms with Crippen LogP contribution in [0.15, 0.2) is 47.4 Å². The van der Waals surface area contributed by atoms with Gasteiger partial charge in [-0.1, -0.05) is 30.3 Å². The van der Waals surface area contributed by atoms with E-state index in [1.54, 1.807) is 64.1 Å². The summed E-state index contributed by atoms with van der Waals surface area (Å²) in [6, 6.07) is 11.7. The van der Waals surface area contributed by atoms with E-state index in [1.807, 2.05) is 0 Å². The molecule has 2 rings (SSSR count). The highest BCUT2D eigenvalue weighted by Crippen LogP contribution is 2.31. The highest BCUT2D eigenvalue weighted by atomic mass is 32.2. The normalized spacial score (nSPS) is 13.1. The topological polar surface area (TPSA) is 90.9 Å². The number of methoxy groups -OCH3 is 1. The Kier molecular flexibility index (Phi) is 7.54. The lowest BCUT2D eigenvalue weighted by molar-refractivity contribution is -0.149. The van der Waals surface area contributed by atoms with Gasteiger partial charge in [0.2, 0.25) is 10.0 Å². The fourth-order valence-corrected chi connectivity index (χ4v) is 4.44. The summed E-state index contributed by atoms with van der Waals surface area (Å²) >= 11 is 0. The van der Waals surface area contributed by atoms with Gasteiger partial charge in [0.1, 0.15) is 10.6 Å². The maximum atomic E-state index is 13.0. The second kappa shape index (κ2) is 9.49. The number of rotatable bonds is 9. The van der Waals surface area contributed by atoms with Crippen LogP contribution in [0.4, 0.5) is 0 Å². The smallest absolute Gasteiger partial charge is 0.242 e. The summed E-state index contributed by atoms with van der Waals surface area (Å²) in [5, 5.41) is 0. The van der Waals surface area contributed by atoms with Crippen molar-refractivity contribution >= 4 is 16.3 Å². The van der Waals surface area contributed by atoms with Crippen LogP contribution in [0.1, 0.15) is 38.1 Å². The van der Waals surface area contributed by atoms with Crippen LogP contribution in [0.2, 0.25) is 0 Å². The van der Waals surface area contributed by atoms with Crippen LogP contribution >= 0.6 is 0 Å². The Labute approximate surface area is 172 Å². The zero-order chi connectivity index (χ0) is 21.7. The Hall–Kier alpha value is -2.26. The molecule has 158 valence electrons. The number of nitrogens with one attached hydrogen (secondary N) is 1. The molecule has 8 heteroatoms. The Morgan fingerprint density at radius 2 is 1.76 bits per heavy atom. The van der Waals surface area contributed by atoms with Crippen molar-refractivity contribution in [3.8, 4) is 16.9 Å². The summed E-state index contributed by atoms with van der Waals surface area (Å²) in [4.78, 5) is 11.5. The summed E-state index contributed by atoms with van der Waals surface area (Å²) < 4.78 is 44.4. The van der Waals surface area contributed by atoms with E-state index in [4.69, 9.17) is 14.2 Å². The third kappa shape index (κ3) is 6.37. The number of aldehydes is 1. The van der Waals surface area contributed by atoms with Gasteiger partial charge >= 0.3 is 0 Å². The van der Waals surface area contributed by atoms with Gasteiger partial charge in [0.15, 0.2) is 19.4 Å². The van der Waals surface area contributed by atoms with Gasteiger partial charge in [-0.15, -0.1) is 0 Å². The molecule has 0 aliphatic carbocycles. The third-order valence-electron chi connectivity index (χ3n) is 3.91. The first-order chi connectivity index (χ1) is 13.6. The van der Waals surface area contributed by atoms with Gasteiger partial charge in [-0.2, -0.15) is 0 Å². The quantitative estimate of drug-likeness (QED) is 0.492. The van der Waals surface area contributed by atoms with Crippen molar-refractivity contribution in [2.24, 2.45) is 0 Å². The number of carbonyl (C=O) groups excluding carboxylic acids is 1. The Morgan fingerprint density at radius 1 is 1.10 bits per heavy atom. The van der Waals surface area contributed by atoms with Crippen LogP contribution in [-0.2, 0) is 19.5 Å². The van der Waals surface area contributed by atoms with Crippen LogP contribution in [0.25, 0.3) is 11.1 Å². The summed E-state index contributed by atoms with van der Waals surface area (Å²) in [5.74, 6) is 0.556. The number of ether oxygens (including phenoxy) is 3.